The summed E-state index contributed by atoms with van der Waals surface area (Å²) in [5, 5.41) is 0. The Balaban J connectivity index is 3.16. The van der Waals surface area contributed by atoms with E-state index in [0.29, 0.717) is 6.42 Å². The summed E-state index contributed by atoms with van der Waals surface area (Å²) in [6, 6.07) is 4.88. The van der Waals surface area contributed by atoms with Crippen molar-refractivity contribution in [1.82, 2.24) is 0 Å². The molecule has 78 valence electrons. The maximum absolute atomic E-state index is 12.5. The van der Waals surface area contributed by atoms with Gasteiger partial charge >= 0.3 is 6.18 Å². The molecule has 0 aliphatic carbocycles. The number of hydrogen-bond acceptors (Lipinski definition) is 1. The van der Waals surface area contributed by atoms with Crippen LogP contribution in [-0.2, 0) is 6.18 Å². The Kier molecular flexibility index (Phi) is 3.16. The third-order valence-corrected chi connectivity index (χ3v) is 2.11. The number of benzene rings is 1. The van der Waals surface area contributed by atoms with Crippen LogP contribution in [0.1, 0.15) is 30.5 Å². The molecule has 0 radical (unpaired) electrons. The van der Waals surface area contributed by atoms with Crippen molar-refractivity contribution in [3.8, 4) is 0 Å². The SMILES string of the molecule is CC[C@@H](N)c1ccccc1C(F)(F)F. The van der Waals surface area contributed by atoms with Gasteiger partial charge < -0.3 is 5.73 Å². The van der Waals surface area contributed by atoms with Crippen LogP contribution in [0.15, 0.2) is 24.3 Å². The van der Waals surface area contributed by atoms with E-state index in [1.807, 2.05) is 0 Å². The molecule has 0 spiro atoms. The number of rotatable bonds is 2. The molecule has 14 heavy (non-hydrogen) atoms. The van der Waals surface area contributed by atoms with Crippen molar-refractivity contribution in [3.05, 3.63) is 35.4 Å². The zero-order chi connectivity index (χ0) is 10.8. The Morgan fingerprint density at radius 3 is 2.36 bits per heavy atom. The molecule has 0 bridgehead atoms. The van der Waals surface area contributed by atoms with Gasteiger partial charge in [0.1, 0.15) is 0 Å². The van der Waals surface area contributed by atoms with E-state index < -0.39 is 17.8 Å². The molecule has 0 saturated heterocycles. The maximum atomic E-state index is 12.5. The van der Waals surface area contributed by atoms with Crippen LogP contribution in [0.2, 0.25) is 0 Å². The summed E-state index contributed by atoms with van der Waals surface area (Å²) in [6.07, 6.45) is -3.82. The number of alkyl halides is 3. The molecule has 4 heteroatoms. The predicted molar refractivity (Wildman–Crippen MR) is 48.7 cm³/mol. The molecule has 1 aromatic carbocycles. The highest BCUT2D eigenvalue weighted by Crippen LogP contribution is 2.34. The van der Waals surface area contributed by atoms with Crippen LogP contribution in [0, 0.1) is 0 Å². The average molecular weight is 203 g/mol. The summed E-state index contributed by atoms with van der Waals surface area (Å²) in [5.41, 5.74) is 5.13. The highest BCUT2D eigenvalue weighted by molar-refractivity contribution is 5.31. The lowest BCUT2D eigenvalue weighted by Crippen LogP contribution is -2.16. The lowest BCUT2D eigenvalue weighted by Gasteiger charge is -2.16. The second kappa shape index (κ2) is 4.00. The Bertz CT molecular complexity index is 306. The molecule has 0 heterocycles. The first-order valence-electron chi connectivity index (χ1n) is 4.38. The van der Waals surface area contributed by atoms with Gasteiger partial charge in [0.25, 0.3) is 0 Å². The fourth-order valence-electron chi connectivity index (χ4n) is 1.30. The van der Waals surface area contributed by atoms with E-state index in [0.717, 1.165) is 6.07 Å². The highest BCUT2D eigenvalue weighted by Gasteiger charge is 2.33. The van der Waals surface area contributed by atoms with E-state index in [-0.39, 0.29) is 5.56 Å². The lowest BCUT2D eigenvalue weighted by atomic mass is 9.99. The average Bonchev–Trinajstić information content (AvgIpc) is 2.15. The van der Waals surface area contributed by atoms with Gasteiger partial charge in [-0.3, -0.25) is 0 Å². The summed E-state index contributed by atoms with van der Waals surface area (Å²) >= 11 is 0. The summed E-state index contributed by atoms with van der Waals surface area (Å²) in [7, 11) is 0. The van der Waals surface area contributed by atoms with Crippen molar-refractivity contribution in [2.75, 3.05) is 0 Å². The monoisotopic (exact) mass is 203 g/mol. The molecule has 2 N–H and O–H groups in total. The fraction of sp³-hybridized carbons (Fsp3) is 0.400. The van der Waals surface area contributed by atoms with Gasteiger partial charge in [0.15, 0.2) is 0 Å². The molecule has 1 rings (SSSR count). The second-order valence-electron chi connectivity index (χ2n) is 3.10. The van der Waals surface area contributed by atoms with Gasteiger partial charge in [-0.1, -0.05) is 25.1 Å². The minimum absolute atomic E-state index is 0.169. The van der Waals surface area contributed by atoms with Crippen molar-refractivity contribution in [3.63, 3.8) is 0 Å². The Morgan fingerprint density at radius 2 is 1.86 bits per heavy atom. The van der Waals surface area contributed by atoms with Gasteiger partial charge in [0.05, 0.1) is 5.56 Å². The largest absolute Gasteiger partial charge is 0.416 e. The van der Waals surface area contributed by atoms with Gasteiger partial charge in [-0.25, -0.2) is 0 Å². The third-order valence-electron chi connectivity index (χ3n) is 2.11. The molecule has 0 aliphatic heterocycles. The van der Waals surface area contributed by atoms with E-state index in [1.165, 1.54) is 12.1 Å². The van der Waals surface area contributed by atoms with Crippen molar-refractivity contribution >= 4 is 0 Å². The van der Waals surface area contributed by atoms with Crippen molar-refractivity contribution in [2.45, 2.75) is 25.6 Å². The van der Waals surface area contributed by atoms with Gasteiger partial charge in [0, 0.05) is 6.04 Å². The van der Waals surface area contributed by atoms with E-state index in [2.05, 4.69) is 0 Å². The summed E-state index contributed by atoms with van der Waals surface area (Å²) in [4.78, 5) is 0. The summed E-state index contributed by atoms with van der Waals surface area (Å²) in [5.74, 6) is 0. The first-order valence-corrected chi connectivity index (χ1v) is 4.38. The molecule has 1 aromatic rings. The molecule has 0 amide bonds. The number of halogens is 3. The van der Waals surface area contributed by atoms with Crippen molar-refractivity contribution in [1.29, 1.82) is 0 Å². The van der Waals surface area contributed by atoms with Crippen LogP contribution >= 0.6 is 0 Å². The standard InChI is InChI=1S/C10H12F3N/c1-2-9(14)7-5-3-4-6-8(7)10(11,12)13/h3-6,9H,2,14H2,1H3/t9-/m1/s1. The smallest absolute Gasteiger partial charge is 0.324 e. The number of hydrogen-bond donors (Lipinski definition) is 1. The molecule has 1 atom stereocenters. The summed E-state index contributed by atoms with van der Waals surface area (Å²) < 4.78 is 37.5. The van der Waals surface area contributed by atoms with E-state index >= 15 is 0 Å². The molecule has 0 saturated carbocycles. The first-order chi connectivity index (χ1) is 6.46. The third kappa shape index (κ3) is 2.26. The minimum Gasteiger partial charge on any atom is -0.324 e. The second-order valence-corrected chi connectivity index (χ2v) is 3.10. The molecular weight excluding hydrogens is 191 g/mol. The van der Waals surface area contributed by atoms with Crippen molar-refractivity contribution in [2.24, 2.45) is 5.73 Å². The van der Waals surface area contributed by atoms with E-state index in [9.17, 15) is 13.2 Å². The Labute approximate surface area is 80.7 Å². The lowest BCUT2D eigenvalue weighted by molar-refractivity contribution is -0.138. The topological polar surface area (TPSA) is 26.0 Å². The fourth-order valence-corrected chi connectivity index (χ4v) is 1.30. The van der Waals surface area contributed by atoms with Crippen LogP contribution in [0.25, 0.3) is 0 Å². The van der Waals surface area contributed by atoms with E-state index in [1.54, 1.807) is 13.0 Å². The number of nitrogens with two attached hydrogens (primary N) is 1. The molecule has 0 aromatic heterocycles. The predicted octanol–water partition coefficient (Wildman–Crippen LogP) is 3.12. The Hall–Kier alpha value is -1.03. The quantitative estimate of drug-likeness (QED) is 0.785. The molecule has 0 fully saturated rings. The first kappa shape index (κ1) is 11.0. The highest BCUT2D eigenvalue weighted by atomic mass is 19.4. The maximum Gasteiger partial charge on any atom is 0.416 e. The van der Waals surface area contributed by atoms with E-state index in [4.69, 9.17) is 5.73 Å². The van der Waals surface area contributed by atoms with Gasteiger partial charge in [-0.15, -0.1) is 0 Å². The van der Waals surface area contributed by atoms with Crippen LogP contribution < -0.4 is 5.73 Å². The van der Waals surface area contributed by atoms with Gasteiger partial charge in [-0.05, 0) is 18.1 Å². The van der Waals surface area contributed by atoms with Crippen LogP contribution in [-0.4, -0.2) is 0 Å². The normalized spacial score (nSPS) is 14.1. The van der Waals surface area contributed by atoms with Crippen molar-refractivity contribution < 1.29 is 13.2 Å². The van der Waals surface area contributed by atoms with Gasteiger partial charge in [-0.2, -0.15) is 13.2 Å². The molecule has 0 unspecified atom stereocenters. The van der Waals surface area contributed by atoms with Crippen LogP contribution in [0.4, 0.5) is 13.2 Å². The molecular formula is C10H12F3N. The summed E-state index contributed by atoms with van der Waals surface area (Å²) in [6.45, 7) is 1.76. The zero-order valence-corrected chi connectivity index (χ0v) is 7.81. The Morgan fingerprint density at radius 1 is 1.29 bits per heavy atom. The van der Waals surface area contributed by atoms with Crippen LogP contribution in [0.5, 0.6) is 0 Å². The molecule has 1 nitrogen and oxygen atoms in total. The van der Waals surface area contributed by atoms with Gasteiger partial charge in [0.2, 0.25) is 0 Å². The molecule has 0 aliphatic rings. The minimum atomic E-state index is -4.32. The zero-order valence-electron chi connectivity index (χ0n) is 7.81. The van der Waals surface area contributed by atoms with Crippen LogP contribution in [0.3, 0.4) is 0 Å².